The normalized spacial score (nSPS) is 11.3. The summed E-state index contributed by atoms with van der Waals surface area (Å²) in [5.74, 6) is 0.519. The Morgan fingerprint density at radius 1 is 1.12 bits per heavy atom. The Balaban J connectivity index is 2.88. The summed E-state index contributed by atoms with van der Waals surface area (Å²) in [5, 5.41) is 5.77. The molecule has 1 aromatic rings. The molecule has 0 bridgehead atoms. The molecule has 0 aliphatic carbocycles. The maximum Gasteiger partial charge on any atom is 0.119 e. The molecule has 4 nitrogen and oxygen atoms in total. The highest BCUT2D eigenvalue weighted by Crippen LogP contribution is 2.17. The Hall–Kier alpha value is -2.75. The van der Waals surface area contributed by atoms with Gasteiger partial charge in [0, 0.05) is 12.3 Å². The van der Waals surface area contributed by atoms with Crippen LogP contribution in [0, 0.1) is 11.8 Å². The van der Waals surface area contributed by atoms with Crippen LogP contribution in [0.3, 0.4) is 0 Å². The number of allylic oxidation sites excluding steroid dienone is 5. The first-order chi connectivity index (χ1) is 11.8. The maximum absolute atomic E-state index is 10.1. The van der Waals surface area contributed by atoms with E-state index in [-0.39, 0.29) is 6.54 Å². The number of hydrogen-bond acceptors (Lipinski definition) is 4. The fourth-order valence-electron chi connectivity index (χ4n) is 2.24. The van der Waals surface area contributed by atoms with Crippen LogP contribution >= 0.6 is 0 Å². The predicted octanol–water partition coefficient (Wildman–Crippen LogP) is 5.19. The van der Waals surface area contributed by atoms with E-state index in [2.05, 4.69) is 59.8 Å². The van der Waals surface area contributed by atoms with Crippen LogP contribution < -0.4 is 5.32 Å². The van der Waals surface area contributed by atoms with Gasteiger partial charge in [0.15, 0.2) is 0 Å². The molecule has 132 valence electrons. The summed E-state index contributed by atoms with van der Waals surface area (Å²) in [6.07, 6.45) is 4.02. The van der Waals surface area contributed by atoms with Gasteiger partial charge in [0.1, 0.15) is 5.82 Å². The van der Waals surface area contributed by atoms with Crippen LogP contribution in [0.2, 0.25) is 0 Å². The summed E-state index contributed by atoms with van der Waals surface area (Å²) in [6.45, 7) is 16.7. The van der Waals surface area contributed by atoms with Crippen LogP contribution in [0.5, 0.6) is 0 Å². The average Bonchev–Trinajstić information content (AvgIpc) is 2.55. The third-order valence-electron chi connectivity index (χ3n) is 3.64. The van der Waals surface area contributed by atoms with E-state index in [1.807, 2.05) is 32.9 Å². The lowest BCUT2D eigenvalue weighted by atomic mass is 10.0. The van der Waals surface area contributed by atoms with Crippen molar-refractivity contribution in [2.24, 2.45) is 10.2 Å². The molecule has 0 aliphatic heterocycles. The molecule has 0 atom stereocenters. The lowest BCUT2D eigenvalue weighted by Gasteiger charge is -2.08. The minimum atomic E-state index is 0.194. The Kier molecular flexibility index (Phi) is 8.27. The zero-order valence-electron chi connectivity index (χ0n) is 15.6. The summed E-state index contributed by atoms with van der Waals surface area (Å²) < 4.78 is 0. The zero-order chi connectivity index (χ0) is 18.8. The van der Waals surface area contributed by atoms with Gasteiger partial charge >= 0.3 is 0 Å². The number of rotatable bonds is 9. The van der Waals surface area contributed by atoms with E-state index in [9.17, 15) is 4.91 Å². The second-order valence-electron chi connectivity index (χ2n) is 6.06. The fraction of sp³-hybridized carbons (Fsp3) is 0.286. The number of aryl methyl sites for hydroxylation is 1. The molecule has 0 amide bonds. The van der Waals surface area contributed by atoms with Crippen molar-refractivity contribution in [3.05, 3.63) is 82.6 Å². The van der Waals surface area contributed by atoms with Crippen molar-refractivity contribution in [1.82, 2.24) is 5.32 Å². The lowest BCUT2D eigenvalue weighted by Crippen LogP contribution is -2.16. The van der Waals surface area contributed by atoms with Gasteiger partial charge in [-0.2, -0.15) is 4.91 Å². The molecule has 0 unspecified atom stereocenters. The smallest absolute Gasteiger partial charge is 0.119 e. The molecule has 1 N–H and O–H groups in total. The van der Waals surface area contributed by atoms with Crippen molar-refractivity contribution in [2.75, 3.05) is 13.1 Å². The molecule has 0 aliphatic rings. The Labute approximate surface area is 150 Å². The van der Waals surface area contributed by atoms with E-state index < -0.39 is 0 Å². The van der Waals surface area contributed by atoms with E-state index in [0.717, 1.165) is 28.0 Å². The molecule has 25 heavy (non-hydrogen) atoms. The Bertz CT molecular complexity index is 718. The number of nitroso groups, excluding NO2 is 1. The molecule has 0 fully saturated rings. The molecule has 1 rings (SSSR count). The van der Waals surface area contributed by atoms with Crippen LogP contribution in [0.4, 0.5) is 0 Å². The first-order valence-corrected chi connectivity index (χ1v) is 8.24. The number of nitrogens with zero attached hydrogens (tertiary/aromatic N) is 2. The molecule has 4 heteroatoms. The van der Waals surface area contributed by atoms with E-state index >= 15 is 0 Å². The van der Waals surface area contributed by atoms with Gasteiger partial charge in [0.2, 0.25) is 0 Å². The van der Waals surface area contributed by atoms with Gasteiger partial charge in [-0.3, -0.25) is 0 Å². The largest absolute Gasteiger partial charge is 0.369 e. The summed E-state index contributed by atoms with van der Waals surface area (Å²) >= 11 is 0. The number of benzene rings is 1. The number of aliphatic imine (C=N–C) groups is 1. The molecule has 0 aromatic heterocycles. The molecule has 0 heterocycles. The van der Waals surface area contributed by atoms with E-state index in [1.165, 1.54) is 5.56 Å². The molecule has 0 saturated heterocycles. The number of hydrogen-bond donors (Lipinski definition) is 1. The highest BCUT2D eigenvalue weighted by atomic mass is 16.3. The summed E-state index contributed by atoms with van der Waals surface area (Å²) in [4.78, 5) is 14.6. The van der Waals surface area contributed by atoms with Crippen molar-refractivity contribution in [2.45, 2.75) is 27.7 Å². The maximum atomic E-state index is 10.1. The van der Waals surface area contributed by atoms with Crippen molar-refractivity contribution in [3.63, 3.8) is 0 Å². The van der Waals surface area contributed by atoms with E-state index in [0.29, 0.717) is 12.4 Å². The minimum Gasteiger partial charge on any atom is -0.369 e. The van der Waals surface area contributed by atoms with Gasteiger partial charge in [-0.15, -0.1) is 0 Å². The second-order valence-corrected chi connectivity index (χ2v) is 6.06. The molecule has 1 aromatic carbocycles. The van der Waals surface area contributed by atoms with Crippen molar-refractivity contribution in [1.29, 1.82) is 0 Å². The quantitative estimate of drug-likeness (QED) is 0.292. The average molecular weight is 337 g/mol. The SMILES string of the molecule is C=C(N=C(C)C(/C=C\C(=C)c1ccc(C)cc1)=C(C)C)NCCN=O. The van der Waals surface area contributed by atoms with Gasteiger partial charge in [0.25, 0.3) is 0 Å². The molecular formula is C21H27N3O. The second kappa shape index (κ2) is 10.2. The van der Waals surface area contributed by atoms with E-state index in [1.54, 1.807) is 0 Å². The van der Waals surface area contributed by atoms with Gasteiger partial charge < -0.3 is 5.32 Å². The highest BCUT2D eigenvalue weighted by molar-refractivity contribution is 6.02. The third kappa shape index (κ3) is 7.12. The van der Waals surface area contributed by atoms with Gasteiger partial charge in [-0.1, -0.05) is 65.9 Å². The van der Waals surface area contributed by atoms with Crippen LogP contribution in [-0.2, 0) is 0 Å². The van der Waals surface area contributed by atoms with Crippen LogP contribution in [0.1, 0.15) is 31.9 Å². The minimum absolute atomic E-state index is 0.194. The standard InChI is InChI=1S/C21H27N3O/c1-15(2)21(18(5)24-19(6)22-13-14-23-25)12-9-17(4)20-10-7-16(3)8-11-20/h7-12,22H,4,6,13-14H2,1-3,5H3/b12-9-,24-18?. The molecular weight excluding hydrogens is 310 g/mol. The van der Waals surface area contributed by atoms with E-state index in [4.69, 9.17) is 0 Å². The Morgan fingerprint density at radius 2 is 1.76 bits per heavy atom. The van der Waals surface area contributed by atoms with Crippen LogP contribution in [0.25, 0.3) is 5.57 Å². The molecule has 0 spiro atoms. The van der Waals surface area contributed by atoms with Gasteiger partial charge in [0.05, 0.1) is 6.54 Å². The van der Waals surface area contributed by atoms with Crippen molar-refractivity contribution < 1.29 is 0 Å². The third-order valence-corrected chi connectivity index (χ3v) is 3.64. The van der Waals surface area contributed by atoms with Gasteiger partial charge in [-0.25, -0.2) is 4.99 Å². The number of nitrogens with one attached hydrogen (secondary N) is 1. The van der Waals surface area contributed by atoms with Crippen molar-refractivity contribution >= 4 is 11.3 Å². The Morgan fingerprint density at radius 3 is 2.32 bits per heavy atom. The monoisotopic (exact) mass is 337 g/mol. The van der Waals surface area contributed by atoms with Crippen LogP contribution in [0.15, 0.2) is 76.7 Å². The molecule has 0 saturated carbocycles. The topological polar surface area (TPSA) is 53.8 Å². The first kappa shape index (κ1) is 20.3. The highest BCUT2D eigenvalue weighted by Gasteiger charge is 2.03. The fourth-order valence-corrected chi connectivity index (χ4v) is 2.24. The summed E-state index contributed by atoms with van der Waals surface area (Å²) in [5.41, 5.74) is 6.30. The summed E-state index contributed by atoms with van der Waals surface area (Å²) in [7, 11) is 0. The lowest BCUT2D eigenvalue weighted by molar-refractivity contribution is 0.789. The summed E-state index contributed by atoms with van der Waals surface area (Å²) in [6, 6.07) is 8.29. The van der Waals surface area contributed by atoms with Crippen molar-refractivity contribution in [3.8, 4) is 0 Å². The molecule has 0 radical (unpaired) electrons. The predicted molar refractivity (Wildman–Crippen MR) is 109 cm³/mol. The zero-order valence-corrected chi connectivity index (χ0v) is 15.6. The van der Waals surface area contributed by atoms with Gasteiger partial charge in [-0.05, 0) is 44.4 Å². The van der Waals surface area contributed by atoms with Crippen LogP contribution in [-0.4, -0.2) is 18.8 Å². The first-order valence-electron chi connectivity index (χ1n) is 8.24.